The van der Waals surface area contributed by atoms with E-state index in [9.17, 15) is 24.9 Å². The maximum absolute atomic E-state index is 11.8. The van der Waals surface area contributed by atoms with Crippen LogP contribution in [0.25, 0.3) is 6.08 Å². The summed E-state index contributed by atoms with van der Waals surface area (Å²) in [7, 11) is 0. The smallest absolute Gasteiger partial charge is 0.233 e. The van der Waals surface area contributed by atoms with Gasteiger partial charge in [0, 0.05) is 0 Å². The number of Topliss-reactive ketones (excluding diaryl/α,β-unsaturated/α-hetero) is 1. The minimum Gasteiger partial charge on any atom is -0.508 e. The van der Waals surface area contributed by atoms with Gasteiger partial charge in [-0.15, -0.1) is 0 Å². The average molecular weight is 327 g/mol. The molecule has 1 aromatic carbocycles. The first-order chi connectivity index (χ1) is 11.2. The molecular formula is C15H18O8. The molecule has 23 heavy (non-hydrogen) atoms. The summed E-state index contributed by atoms with van der Waals surface area (Å²) in [6.45, 7) is -0.933. The van der Waals surface area contributed by atoms with E-state index >= 15 is 0 Å². The molecule has 0 aliphatic rings. The van der Waals surface area contributed by atoms with Crippen LogP contribution in [0.2, 0.25) is 0 Å². The first-order valence-corrected chi connectivity index (χ1v) is 6.58. The Bertz CT molecular complexity index is 612. The van der Waals surface area contributed by atoms with Crippen molar-refractivity contribution < 1.29 is 41.6 Å². The van der Waals surface area contributed by atoms with Crippen molar-refractivity contribution in [2.24, 2.45) is 0 Å². The number of phenolic OH excluding ortho intramolecular Hbond substituents is 1. The summed E-state index contributed by atoms with van der Waals surface area (Å²) >= 11 is 0. The van der Waals surface area contributed by atoms with Crippen LogP contribution in [0.1, 0.15) is 6.93 Å². The number of hydrogen-bond acceptors (Lipinski definition) is 8. The van der Waals surface area contributed by atoms with E-state index in [2.05, 4.69) is 0 Å². The fourth-order valence-corrected chi connectivity index (χ4v) is 1.60. The Morgan fingerprint density at radius 1 is 1.09 bits per heavy atom. The molecule has 1 rings (SSSR count). The second-order valence-electron chi connectivity index (χ2n) is 4.75. The Morgan fingerprint density at radius 3 is 2.17 bits per heavy atom. The Labute approximate surface area is 133 Å². The number of rotatable bonds is 8. The zero-order valence-electron chi connectivity index (χ0n) is 12.9. The highest BCUT2D eigenvalue weighted by molar-refractivity contribution is 6.43. The van der Waals surface area contributed by atoms with Crippen LogP contribution >= 0.6 is 0 Å². The highest BCUT2D eigenvalue weighted by Gasteiger charge is 2.35. The number of aromatic hydroxyl groups is 1. The predicted molar refractivity (Wildman–Crippen MR) is 78.3 cm³/mol. The normalized spacial score (nSPS) is 17.8. The number of phenols is 1. The molecule has 0 fully saturated rings. The zero-order chi connectivity index (χ0) is 18.4. The van der Waals surface area contributed by atoms with Crippen molar-refractivity contribution in [3.05, 3.63) is 35.9 Å². The minimum absolute atomic E-state index is 0.0314. The molecule has 6 N–H and O–H groups in total. The van der Waals surface area contributed by atoms with E-state index in [1.54, 1.807) is 0 Å². The van der Waals surface area contributed by atoms with Gasteiger partial charge in [0.1, 0.15) is 30.2 Å². The Balaban J connectivity index is 2.85. The standard InChI is InChI=1S/C15H18O8/c16-7-11(19)13(21)15(23)14(22)12(20)10(18)6-3-8-1-4-9(17)5-2-8/h1-6,11,13-17,19,21-23H,7H2/b6-3+/t11-,13-,14+,15+/m1/s1/i6D. The van der Waals surface area contributed by atoms with Crippen LogP contribution < -0.4 is 0 Å². The number of allylic oxidation sites excluding steroid dienone is 1. The van der Waals surface area contributed by atoms with Gasteiger partial charge in [0.2, 0.25) is 11.6 Å². The number of aliphatic hydroxyl groups is 5. The molecule has 0 saturated heterocycles. The van der Waals surface area contributed by atoms with Gasteiger partial charge in [0.25, 0.3) is 0 Å². The molecule has 126 valence electrons. The number of ketones is 2. The zero-order valence-corrected chi connectivity index (χ0v) is 11.9. The first-order valence-electron chi connectivity index (χ1n) is 7.08. The van der Waals surface area contributed by atoms with Crippen LogP contribution in [-0.2, 0) is 9.59 Å². The van der Waals surface area contributed by atoms with E-state index in [1.165, 1.54) is 24.3 Å². The molecule has 4 atom stereocenters. The molecule has 0 bridgehead atoms. The van der Waals surface area contributed by atoms with Crippen LogP contribution in [0.3, 0.4) is 0 Å². The molecule has 8 heteroatoms. The van der Waals surface area contributed by atoms with Crippen molar-refractivity contribution >= 4 is 17.6 Å². The highest BCUT2D eigenvalue weighted by Crippen LogP contribution is 2.11. The lowest BCUT2D eigenvalue weighted by molar-refractivity contribution is -0.152. The molecule has 0 heterocycles. The van der Waals surface area contributed by atoms with Gasteiger partial charge in [-0.2, -0.15) is 0 Å². The molecule has 0 saturated carbocycles. The van der Waals surface area contributed by atoms with Gasteiger partial charge < -0.3 is 30.6 Å². The fraction of sp³-hybridized carbons (Fsp3) is 0.333. The van der Waals surface area contributed by atoms with Crippen molar-refractivity contribution in [2.45, 2.75) is 24.4 Å². The maximum atomic E-state index is 11.8. The Kier molecular flexibility index (Phi) is 6.39. The fourth-order valence-electron chi connectivity index (χ4n) is 1.60. The van der Waals surface area contributed by atoms with Crippen LogP contribution in [0.4, 0.5) is 0 Å². The summed E-state index contributed by atoms with van der Waals surface area (Å²) in [6.07, 6.45) is -7.46. The molecular weight excluding hydrogens is 308 g/mol. The number of carbonyl (C=O) groups excluding carboxylic acids is 2. The topological polar surface area (TPSA) is 156 Å². The third-order valence-electron chi connectivity index (χ3n) is 3.01. The van der Waals surface area contributed by atoms with Gasteiger partial charge in [-0.3, -0.25) is 9.59 Å². The summed E-state index contributed by atoms with van der Waals surface area (Å²) in [5.74, 6) is -3.00. The van der Waals surface area contributed by atoms with Crippen LogP contribution in [-0.4, -0.2) is 73.2 Å². The van der Waals surface area contributed by atoms with E-state index in [0.29, 0.717) is 5.56 Å². The lowest BCUT2D eigenvalue weighted by Crippen LogP contribution is -2.49. The summed E-state index contributed by atoms with van der Waals surface area (Å²) in [5.41, 5.74) is 0.338. The van der Waals surface area contributed by atoms with Gasteiger partial charge in [-0.25, -0.2) is 0 Å². The van der Waals surface area contributed by atoms with Crippen molar-refractivity contribution in [2.75, 3.05) is 6.61 Å². The SMILES string of the molecule is [2H]/C(=C\c1ccc(O)cc1)C(=O)C(=O)[C@H](O)[C@@H](O)[C@H](O)[C@H](O)CO. The number of hydrogen-bond donors (Lipinski definition) is 6. The molecule has 1 aromatic rings. The highest BCUT2D eigenvalue weighted by atomic mass is 16.4. The van der Waals surface area contributed by atoms with Crippen molar-refractivity contribution in [3.8, 4) is 5.75 Å². The van der Waals surface area contributed by atoms with E-state index in [1.807, 2.05) is 0 Å². The predicted octanol–water partition coefficient (Wildman–Crippen LogP) is -2.02. The lowest BCUT2D eigenvalue weighted by atomic mass is 9.98. The van der Waals surface area contributed by atoms with E-state index in [4.69, 9.17) is 16.7 Å². The maximum Gasteiger partial charge on any atom is 0.233 e. The summed E-state index contributed by atoms with van der Waals surface area (Å²) < 4.78 is 7.55. The van der Waals surface area contributed by atoms with Crippen molar-refractivity contribution in [3.63, 3.8) is 0 Å². The van der Waals surface area contributed by atoms with E-state index in [-0.39, 0.29) is 5.75 Å². The molecule has 8 nitrogen and oxygen atoms in total. The van der Waals surface area contributed by atoms with Crippen LogP contribution in [0.5, 0.6) is 5.75 Å². The summed E-state index contributed by atoms with van der Waals surface area (Å²) in [6, 6.07) is 4.59. The Hall–Kier alpha value is -2.10. The molecule has 0 amide bonds. The molecule has 0 aromatic heterocycles. The Morgan fingerprint density at radius 2 is 1.65 bits per heavy atom. The quantitative estimate of drug-likeness (QED) is 0.236. The third kappa shape index (κ3) is 5.23. The molecule has 0 aliphatic heterocycles. The van der Waals surface area contributed by atoms with Gasteiger partial charge in [0.15, 0.2) is 0 Å². The van der Waals surface area contributed by atoms with E-state index in [0.717, 1.165) is 6.08 Å². The van der Waals surface area contributed by atoms with Gasteiger partial charge in [-0.05, 0) is 23.7 Å². The van der Waals surface area contributed by atoms with Crippen molar-refractivity contribution in [1.82, 2.24) is 0 Å². The molecule has 0 aliphatic carbocycles. The van der Waals surface area contributed by atoms with Crippen LogP contribution in [0, 0.1) is 0 Å². The largest absolute Gasteiger partial charge is 0.508 e. The monoisotopic (exact) mass is 327 g/mol. The summed E-state index contributed by atoms with van der Waals surface area (Å²) in [5, 5.41) is 55.5. The molecule has 0 unspecified atom stereocenters. The van der Waals surface area contributed by atoms with Gasteiger partial charge in [0.05, 0.1) is 7.98 Å². The second kappa shape index (κ2) is 8.51. The van der Waals surface area contributed by atoms with Crippen LogP contribution in [0.15, 0.2) is 30.3 Å². The average Bonchev–Trinajstić information content (AvgIpc) is 2.59. The number of aliphatic hydroxyl groups excluding tert-OH is 5. The second-order valence-corrected chi connectivity index (χ2v) is 4.75. The van der Waals surface area contributed by atoms with Crippen molar-refractivity contribution in [1.29, 1.82) is 0 Å². The summed E-state index contributed by atoms with van der Waals surface area (Å²) in [4.78, 5) is 23.6. The first kappa shape index (κ1) is 17.3. The van der Waals surface area contributed by atoms with Gasteiger partial charge in [-0.1, -0.05) is 18.2 Å². The third-order valence-corrected chi connectivity index (χ3v) is 3.01. The number of carbonyl (C=O) groups is 2. The van der Waals surface area contributed by atoms with Gasteiger partial charge >= 0.3 is 0 Å². The lowest BCUT2D eigenvalue weighted by Gasteiger charge is -2.24. The molecule has 0 radical (unpaired) electrons. The number of benzene rings is 1. The van der Waals surface area contributed by atoms with E-state index < -0.39 is 48.6 Å². The molecule has 0 spiro atoms. The minimum atomic E-state index is -2.37.